The number of carbonyl (C=O) groups excluding carboxylic acids is 1. The van der Waals surface area contributed by atoms with Crippen molar-refractivity contribution in [3.05, 3.63) is 41.6 Å². The number of hydrogen-bond donors (Lipinski definition) is 1. The van der Waals surface area contributed by atoms with E-state index in [0.717, 1.165) is 31.4 Å². The Morgan fingerprint density at radius 3 is 2.77 bits per heavy atom. The summed E-state index contributed by atoms with van der Waals surface area (Å²) in [6.45, 7) is 5.06. The van der Waals surface area contributed by atoms with Crippen molar-refractivity contribution in [1.29, 1.82) is 5.26 Å². The summed E-state index contributed by atoms with van der Waals surface area (Å²) in [5.41, 5.74) is 2.01. The van der Waals surface area contributed by atoms with E-state index in [4.69, 9.17) is 0 Å². The monoisotopic (exact) mass is 297 g/mol. The van der Waals surface area contributed by atoms with Crippen LogP contribution >= 0.6 is 0 Å². The Morgan fingerprint density at radius 2 is 2.14 bits per heavy atom. The Morgan fingerprint density at radius 1 is 1.41 bits per heavy atom. The Labute approximate surface area is 132 Å². The van der Waals surface area contributed by atoms with E-state index in [0.29, 0.717) is 11.7 Å². The van der Waals surface area contributed by atoms with Crippen LogP contribution in [-0.4, -0.2) is 23.4 Å². The lowest BCUT2D eigenvalue weighted by atomic mass is 10.0. The van der Waals surface area contributed by atoms with Crippen LogP contribution < -0.4 is 5.32 Å². The van der Waals surface area contributed by atoms with E-state index in [1.165, 1.54) is 6.42 Å². The molecule has 1 unspecified atom stereocenters. The summed E-state index contributed by atoms with van der Waals surface area (Å²) in [6, 6.07) is 10.0. The van der Waals surface area contributed by atoms with Gasteiger partial charge < -0.3 is 10.2 Å². The van der Waals surface area contributed by atoms with Gasteiger partial charge >= 0.3 is 0 Å². The van der Waals surface area contributed by atoms with Crippen molar-refractivity contribution in [3.8, 4) is 6.07 Å². The first-order valence-corrected chi connectivity index (χ1v) is 7.89. The predicted molar refractivity (Wildman–Crippen MR) is 88.1 cm³/mol. The first kappa shape index (κ1) is 16.1. The fraction of sp³-hybridized carbons (Fsp3) is 0.444. The molecule has 4 heteroatoms. The molecule has 1 amide bonds. The highest BCUT2D eigenvalue weighted by molar-refractivity contribution is 6.06. The topological polar surface area (TPSA) is 56.1 Å². The molecule has 2 rings (SSSR count). The molecule has 0 radical (unpaired) electrons. The Hall–Kier alpha value is -2.28. The van der Waals surface area contributed by atoms with Gasteiger partial charge in [0.05, 0.1) is 0 Å². The van der Waals surface area contributed by atoms with Crippen LogP contribution in [0, 0.1) is 18.3 Å². The van der Waals surface area contributed by atoms with E-state index >= 15 is 0 Å². The number of anilines is 1. The second-order valence-electron chi connectivity index (χ2n) is 5.77. The van der Waals surface area contributed by atoms with E-state index in [1.807, 2.05) is 37.3 Å². The van der Waals surface area contributed by atoms with Crippen LogP contribution in [0.1, 0.15) is 38.2 Å². The minimum absolute atomic E-state index is 0.168. The molecule has 4 nitrogen and oxygen atoms in total. The molecular weight excluding hydrogens is 274 g/mol. The number of nitrogens with zero attached hydrogens (tertiary/aromatic N) is 2. The van der Waals surface area contributed by atoms with Crippen LogP contribution in [0.5, 0.6) is 0 Å². The Balaban J connectivity index is 2.09. The first-order valence-electron chi connectivity index (χ1n) is 7.89. The molecule has 22 heavy (non-hydrogen) atoms. The predicted octanol–water partition coefficient (Wildman–Crippen LogP) is 3.61. The summed E-state index contributed by atoms with van der Waals surface area (Å²) in [7, 11) is 0. The lowest BCUT2D eigenvalue weighted by Crippen LogP contribution is -2.35. The molecule has 1 aliphatic rings. The molecular formula is C18H23N3O. The van der Waals surface area contributed by atoms with Crippen molar-refractivity contribution in [3.63, 3.8) is 0 Å². The maximum Gasteiger partial charge on any atom is 0.267 e. The first-order chi connectivity index (χ1) is 10.6. The largest absolute Gasteiger partial charge is 0.373 e. The summed E-state index contributed by atoms with van der Waals surface area (Å²) in [4.78, 5) is 14.4. The van der Waals surface area contributed by atoms with Crippen molar-refractivity contribution in [2.24, 2.45) is 0 Å². The molecule has 116 valence electrons. The number of nitriles is 1. The van der Waals surface area contributed by atoms with Gasteiger partial charge in [0.25, 0.3) is 5.91 Å². The van der Waals surface area contributed by atoms with Crippen LogP contribution in [0.2, 0.25) is 0 Å². The molecule has 1 fully saturated rings. The number of carbonyl (C=O) groups is 1. The normalized spacial score (nSPS) is 18.7. The number of amides is 1. The second-order valence-corrected chi connectivity index (χ2v) is 5.77. The maximum atomic E-state index is 12.3. The zero-order chi connectivity index (χ0) is 15.9. The molecule has 1 aromatic rings. The maximum absolute atomic E-state index is 12.3. The van der Waals surface area contributed by atoms with Gasteiger partial charge in [-0.1, -0.05) is 24.6 Å². The molecule has 1 N–H and O–H groups in total. The van der Waals surface area contributed by atoms with Crippen LogP contribution in [0.4, 0.5) is 5.69 Å². The third-order valence-corrected chi connectivity index (χ3v) is 4.11. The average Bonchev–Trinajstić information content (AvgIpc) is 2.55. The van der Waals surface area contributed by atoms with Crippen molar-refractivity contribution < 1.29 is 4.79 Å². The van der Waals surface area contributed by atoms with E-state index in [2.05, 4.69) is 17.1 Å². The van der Waals surface area contributed by atoms with E-state index in [-0.39, 0.29) is 11.5 Å². The molecule has 1 aromatic carbocycles. The van der Waals surface area contributed by atoms with Gasteiger partial charge in [0.2, 0.25) is 0 Å². The van der Waals surface area contributed by atoms with Crippen LogP contribution in [0.25, 0.3) is 0 Å². The lowest BCUT2D eigenvalue weighted by Gasteiger charge is -2.34. The molecule has 1 saturated heterocycles. The molecule has 1 atom stereocenters. The standard InChI is InChI=1S/C18H23N3O/c1-3-17-6-4-5-11-21(17)13-15(12-19)18(22)20-16-9-7-14(2)8-10-16/h7-10,13,17H,3-6,11H2,1-2H3,(H,20,22)/b15-13-. The number of benzene rings is 1. The zero-order valence-electron chi connectivity index (χ0n) is 13.3. The molecule has 0 aliphatic carbocycles. The number of rotatable bonds is 4. The van der Waals surface area contributed by atoms with Gasteiger partial charge in [0.1, 0.15) is 11.6 Å². The van der Waals surface area contributed by atoms with Gasteiger partial charge in [-0.3, -0.25) is 4.79 Å². The fourth-order valence-corrected chi connectivity index (χ4v) is 2.77. The van der Waals surface area contributed by atoms with Crippen molar-refractivity contribution >= 4 is 11.6 Å². The van der Waals surface area contributed by atoms with Crippen LogP contribution in [-0.2, 0) is 4.79 Å². The van der Waals surface area contributed by atoms with E-state index in [9.17, 15) is 10.1 Å². The summed E-state index contributed by atoms with van der Waals surface area (Å²) in [5.74, 6) is -0.341. The Kier molecular flexibility index (Phi) is 5.60. The number of hydrogen-bond acceptors (Lipinski definition) is 3. The molecule has 0 saturated carbocycles. The fourth-order valence-electron chi connectivity index (χ4n) is 2.77. The quantitative estimate of drug-likeness (QED) is 0.682. The van der Waals surface area contributed by atoms with E-state index in [1.54, 1.807) is 6.20 Å². The molecule has 1 heterocycles. The third kappa shape index (κ3) is 4.11. The van der Waals surface area contributed by atoms with Gasteiger partial charge in [0.15, 0.2) is 0 Å². The van der Waals surface area contributed by atoms with Gasteiger partial charge in [-0.15, -0.1) is 0 Å². The summed E-state index contributed by atoms with van der Waals surface area (Å²) < 4.78 is 0. The number of nitrogens with one attached hydrogen (secondary N) is 1. The Bertz CT molecular complexity index is 583. The highest BCUT2D eigenvalue weighted by Crippen LogP contribution is 2.21. The number of piperidine rings is 1. The minimum Gasteiger partial charge on any atom is -0.373 e. The smallest absolute Gasteiger partial charge is 0.267 e. The number of likely N-dealkylation sites (tertiary alicyclic amines) is 1. The number of aryl methyl sites for hydroxylation is 1. The lowest BCUT2D eigenvalue weighted by molar-refractivity contribution is -0.112. The molecule has 0 spiro atoms. The van der Waals surface area contributed by atoms with Crippen LogP contribution in [0.15, 0.2) is 36.0 Å². The highest BCUT2D eigenvalue weighted by Gasteiger charge is 2.20. The van der Waals surface area contributed by atoms with Gasteiger partial charge in [-0.25, -0.2) is 0 Å². The van der Waals surface area contributed by atoms with Crippen LogP contribution in [0.3, 0.4) is 0 Å². The minimum atomic E-state index is -0.341. The van der Waals surface area contributed by atoms with Crippen molar-refractivity contribution in [2.45, 2.75) is 45.6 Å². The van der Waals surface area contributed by atoms with Crippen molar-refractivity contribution in [2.75, 3.05) is 11.9 Å². The molecule has 0 bridgehead atoms. The summed E-state index contributed by atoms with van der Waals surface area (Å²) >= 11 is 0. The highest BCUT2D eigenvalue weighted by atomic mass is 16.1. The average molecular weight is 297 g/mol. The zero-order valence-corrected chi connectivity index (χ0v) is 13.3. The third-order valence-electron chi connectivity index (χ3n) is 4.11. The summed E-state index contributed by atoms with van der Waals surface area (Å²) in [6.07, 6.45) is 6.24. The van der Waals surface area contributed by atoms with Gasteiger partial charge in [-0.05, 0) is 44.7 Å². The summed E-state index contributed by atoms with van der Waals surface area (Å²) in [5, 5.41) is 12.1. The van der Waals surface area contributed by atoms with E-state index < -0.39 is 0 Å². The SMILES string of the molecule is CCC1CCCCN1/C=C(/C#N)C(=O)Nc1ccc(C)cc1. The van der Waals surface area contributed by atoms with Gasteiger partial charge in [0, 0.05) is 24.5 Å². The second kappa shape index (κ2) is 7.65. The molecule has 1 aliphatic heterocycles. The molecule has 0 aromatic heterocycles. The van der Waals surface area contributed by atoms with Gasteiger partial charge in [-0.2, -0.15) is 5.26 Å². The van der Waals surface area contributed by atoms with Crippen molar-refractivity contribution in [1.82, 2.24) is 4.90 Å².